The summed E-state index contributed by atoms with van der Waals surface area (Å²) in [4.78, 5) is 13.5. The second kappa shape index (κ2) is 5.29. The Morgan fingerprint density at radius 1 is 1.64 bits per heavy atom. The van der Waals surface area contributed by atoms with Crippen molar-refractivity contribution in [3.63, 3.8) is 0 Å². The van der Waals surface area contributed by atoms with E-state index in [9.17, 15) is 4.79 Å². The zero-order chi connectivity index (χ0) is 10.6. The van der Waals surface area contributed by atoms with Crippen LogP contribution < -0.4 is 11.1 Å². The normalized spacial score (nSPS) is 26.5. The Morgan fingerprint density at radius 2 is 2.36 bits per heavy atom. The Morgan fingerprint density at radius 3 is 2.86 bits per heavy atom. The monoisotopic (exact) mass is 201 g/mol. The molecule has 1 saturated heterocycles. The van der Waals surface area contributed by atoms with Gasteiger partial charge in [0.2, 0.25) is 5.91 Å². The van der Waals surface area contributed by atoms with Gasteiger partial charge in [0, 0.05) is 26.2 Å². The molecule has 5 heteroatoms. The Hall–Kier alpha value is -0.650. The number of amides is 1. The van der Waals surface area contributed by atoms with Crippen molar-refractivity contribution >= 4 is 5.91 Å². The summed E-state index contributed by atoms with van der Waals surface area (Å²) >= 11 is 0. The molecular formula is C9H19N3O2. The first-order valence-electron chi connectivity index (χ1n) is 4.89. The molecule has 82 valence electrons. The zero-order valence-corrected chi connectivity index (χ0v) is 8.82. The highest BCUT2D eigenvalue weighted by molar-refractivity contribution is 5.79. The van der Waals surface area contributed by atoms with Gasteiger partial charge in [0.1, 0.15) is 0 Å². The zero-order valence-electron chi connectivity index (χ0n) is 8.82. The number of carbonyl (C=O) groups excluding carboxylic acids is 1. The predicted molar refractivity (Wildman–Crippen MR) is 53.8 cm³/mol. The molecule has 3 N–H and O–H groups in total. The molecule has 5 nitrogen and oxygen atoms in total. The Balaban J connectivity index is 2.39. The van der Waals surface area contributed by atoms with Crippen LogP contribution >= 0.6 is 0 Å². The van der Waals surface area contributed by atoms with Crippen molar-refractivity contribution in [1.29, 1.82) is 0 Å². The number of rotatable bonds is 4. The van der Waals surface area contributed by atoms with Gasteiger partial charge < -0.3 is 20.7 Å². The smallest absolute Gasteiger partial charge is 0.229 e. The lowest BCUT2D eigenvalue weighted by Crippen LogP contribution is -2.43. The third kappa shape index (κ3) is 2.67. The van der Waals surface area contributed by atoms with Crippen molar-refractivity contribution in [2.75, 3.05) is 40.4 Å². The minimum Gasteiger partial charge on any atom is -0.379 e. The van der Waals surface area contributed by atoms with Crippen LogP contribution in [0.5, 0.6) is 0 Å². The first-order chi connectivity index (χ1) is 6.66. The molecule has 2 unspecified atom stereocenters. The summed E-state index contributed by atoms with van der Waals surface area (Å²) in [7, 11) is 3.66. The van der Waals surface area contributed by atoms with Gasteiger partial charge in [-0.1, -0.05) is 0 Å². The quantitative estimate of drug-likeness (QED) is 0.589. The van der Waals surface area contributed by atoms with Crippen molar-refractivity contribution in [2.24, 2.45) is 11.7 Å². The maximum Gasteiger partial charge on any atom is 0.229 e. The predicted octanol–water partition coefficient (Wildman–Crippen LogP) is -1.36. The van der Waals surface area contributed by atoms with Gasteiger partial charge in [-0.25, -0.2) is 0 Å². The molecule has 0 aliphatic carbocycles. The molecule has 0 aromatic heterocycles. The molecule has 0 aromatic rings. The van der Waals surface area contributed by atoms with E-state index in [-0.39, 0.29) is 17.9 Å². The third-order valence-corrected chi connectivity index (χ3v) is 2.52. The highest BCUT2D eigenvalue weighted by Crippen LogP contribution is 2.13. The highest BCUT2D eigenvalue weighted by atomic mass is 16.5. The van der Waals surface area contributed by atoms with E-state index in [4.69, 9.17) is 10.5 Å². The van der Waals surface area contributed by atoms with E-state index in [1.54, 1.807) is 11.9 Å². The fourth-order valence-corrected chi connectivity index (χ4v) is 1.50. The lowest BCUT2D eigenvalue weighted by molar-refractivity contribution is -0.134. The van der Waals surface area contributed by atoms with Gasteiger partial charge in [-0.2, -0.15) is 0 Å². The van der Waals surface area contributed by atoms with Crippen LogP contribution in [-0.4, -0.2) is 57.2 Å². The topological polar surface area (TPSA) is 67.6 Å². The number of ether oxygens (including phenoxy) is 1. The van der Waals surface area contributed by atoms with Crippen LogP contribution in [0.4, 0.5) is 0 Å². The number of nitrogens with one attached hydrogen (secondary N) is 1. The van der Waals surface area contributed by atoms with Crippen LogP contribution in [-0.2, 0) is 9.53 Å². The molecule has 1 rings (SSSR count). The number of carbonyl (C=O) groups is 1. The van der Waals surface area contributed by atoms with Crippen LogP contribution in [0.2, 0.25) is 0 Å². The Bertz CT molecular complexity index is 198. The molecular weight excluding hydrogens is 182 g/mol. The van der Waals surface area contributed by atoms with Gasteiger partial charge in [0.05, 0.1) is 19.1 Å². The largest absolute Gasteiger partial charge is 0.379 e. The summed E-state index contributed by atoms with van der Waals surface area (Å²) in [6, 6.07) is -0.139. The van der Waals surface area contributed by atoms with Crippen LogP contribution in [0.25, 0.3) is 0 Å². The van der Waals surface area contributed by atoms with Crippen molar-refractivity contribution in [1.82, 2.24) is 10.2 Å². The summed E-state index contributed by atoms with van der Waals surface area (Å²) in [5, 5.41) is 3.00. The van der Waals surface area contributed by atoms with E-state index in [2.05, 4.69) is 5.32 Å². The summed E-state index contributed by atoms with van der Waals surface area (Å²) in [6.45, 7) is 2.46. The summed E-state index contributed by atoms with van der Waals surface area (Å²) < 4.78 is 5.16. The molecule has 0 radical (unpaired) electrons. The molecule has 1 heterocycles. The molecule has 1 aliphatic rings. The minimum absolute atomic E-state index is 0.0882. The first-order valence-corrected chi connectivity index (χ1v) is 4.89. The molecule has 0 bridgehead atoms. The molecule has 1 aliphatic heterocycles. The Labute approximate surface area is 84.6 Å². The van der Waals surface area contributed by atoms with Gasteiger partial charge in [-0.15, -0.1) is 0 Å². The van der Waals surface area contributed by atoms with Crippen molar-refractivity contribution < 1.29 is 9.53 Å². The van der Waals surface area contributed by atoms with E-state index in [1.165, 1.54) is 0 Å². The van der Waals surface area contributed by atoms with E-state index < -0.39 is 0 Å². The minimum atomic E-state index is -0.156. The molecule has 2 atom stereocenters. The van der Waals surface area contributed by atoms with E-state index in [0.29, 0.717) is 19.8 Å². The number of likely N-dealkylation sites (N-methyl/N-ethyl adjacent to an activating group) is 2. The number of nitrogens with two attached hydrogens (primary N) is 1. The van der Waals surface area contributed by atoms with Crippen molar-refractivity contribution in [3.05, 3.63) is 0 Å². The van der Waals surface area contributed by atoms with Crippen LogP contribution in [0.15, 0.2) is 0 Å². The standard InChI is InChI=1S/C9H19N3O2/c1-11-3-4-12(2)9(13)7-5-14-6-8(7)10/h7-8,11H,3-6,10H2,1-2H3. The summed E-state index contributed by atoms with van der Waals surface area (Å²) in [5.74, 6) is -0.0675. The number of hydrogen-bond acceptors (Lipinski definition) is 4. The lowest BCUT2D eigenvalue weighted by atomic mass is 10.0. The number of hydrogen-bond donors (Lipinski definition) is 2. The molecule has 0 aromatic carbocycles. The molecule has 1 amide bonds. The molecule has 0 saturated carbocycles. The Kier molecular flexibility index (Phi) is 4.31. The average molecular weight is 201 g/mol. The summed E-state index contributed by atoms with van der Waals surface area (Å²) in [5.41, 5.74) is 5.76. The van der Waals surface area contributed by atoms with Crippen molar-refractivity contribution in [3.8, 4) is 0 Å². The van der Waals surface area contributed by atoms with Crippen molar-refractivity contribution in [2.45, 2.75) is 6.04 Å². The third-order valence-electron chi connectivity index (χ3n) is 2.52. The van der Waals surface area contributed by atoms with Crippen LogP contribution in [0.3, 0.4) is 0 Å². The van der Waals surface area contributed by atoms with Gasteiger partial charge in [-0.3, -0.25) is 4.79 Å². The highest BCUT2D eigenvalue weighted by Gasteiger charge is 2.32. The van der Waals surface area contributed by atoms with Gasteiger partial charge in [0.15, 0.2) is 0 Å². The SMILES string of the molecule is CNCCN(C)C(=O)C1COCC1N. The maximum absolute atomic E-state index is 11.8. The molecule has 14 heavy (non-hydrogen) atoms. The fraction of sp³-hybridized carbons (Fsp3) is 0.889. The van der Waals surface area contributed by atoms with Gasteiger partial charge in [-0.05, 0) is 7.05 Å². The van der Waals surface area contributed by atoms with Crippen LogP contribution in [0, 0.1) is 5.92 Å². The lowest BCUT2D eigenvalue weighted by Gasteiger charge is -2.22. The average Bonchev–Trinajstić information content (AvgIpc) is 2.59. The van der Waals surface area contributed by atoms with Gasteiger partial charge >= 0.3 is 0 Å². The second-order valence-corrected chi connectivity index (χ2v) is 3.67. The van der Waals surface area contributed by atoms with Crippen LogP contribution in [0.1, 0.15) is 0 Å². The maximum atomic E-state index is 11.8. The van der Waals surface area contributed by atoms with E-state index in [1.807, 2.05) is 7.05 Å². The molecule has 0 spiro atoms. The second-order valence-electron chi connectivity index (χ2n) is 3.67. The summed E-state index contributed by atoms with van der Waals surface area (Å²) in [6.07, 6.45) is 0. The number of nitrogens with zero attached hydrogens (tertiary/aromatic N) is 1. The van der Waals surface area contributed by atoms with Gasteiger partial charge in [0.25, 0.3) is 0 Å². The first kappa shape index (κ1) is 11.4. The molecule has 1 fully saturated rings. The fourth-order valence-electron chi connectivity index (χ4n) is 1.50. The van der Waals surface area contributed by atoms with E-state index >= 15 is 0 Å². The van der Waals surface area contributed by atoms with E-state index in [0.717, 1.165) is 6.54 Å².